The summed E-state index contributed by atoms with van der Waals surface area (Å²) >= 11 is 2.27. The SMILES string of the molecule is COCCOCCOCCOCCOCCOC[C@H](C)Oc1ccc(I)cc1. The first-order valence-electron chi connectivity index (χ1n) is 9.52. The lowest BCUT2D eigenvalue weighted by Gasteiger charge is -2.15. The summed E-state index contributed by atoms with van der Waals surface area (Å²) in [7, 11) is 1.65. The summed E-state index contributed by atoms with van der Waals surface area (Å²) < 4.78 is 39.0. The molecular formula is C20H33IO7. The molecule has 0 aliphatic carbocycles. The van der Waals surface area contributed by atoms with Crippen molar-refractivity contribution in [3.8, 4) is 5.75 Å². The molecule has 0 fully saturated rings. The van der Waals surface area contributed by atoms with Gasteiger partial charge in [0.1, 0.15) is 11.9 Å². The van der Waals surface area contributed by atoms with E-state index in [1.54, 1.807) is 7.11 Å². The predicted octanol–water partition coefficient (Wildman–Crippen LogP) is 2.79. The maximum absolute atomic E-state index is 5.78. The van der Waals surface area contributed by atoms with E-state index < -0.39 is 0 Å². The molecule has 0 bridgehead atoms. The van der Waals surface area contributed by atoms with Gasteiger partial charge in [0.25, 0.3) is 0 Å². The average Bonchev–Trinajstić information content (AvgIpc) is 2.69. The third kappa shape index (κ3) is 15.4. The molecule has 1 rings (SSSR count). The van der Waals surface area contributed by atoms with Crippen molar-refractivity contribution in [2.24, 2.45) is 0 Å². The van der Waals surface area contributed by atoms with Crippen molar-refractivity contribution in [1.82, 2.24) is 0 Å². The lowest BCUT2D eigenvalue weighted by atomic mass is 10.3. The van der Waals surface area contributed by atoms with Gasteiger partial charge in [-0.1, -0.05) is 0 Å². The van der Waals surface area contributed by atoms with Crippen LogP contribution in [0, 0.1) is 3.57 Å². The summed E-state index contributed by atoms with van der Waals surface area (Å²) in [5.74, 6) is 0.854. The van der Waals surface area contributed by atoms with Crippen LogP contribution in [0.5, 0.6) is 5.75 Å². The number of hydrogen-bond donors (Lipinski definition) is 0. The van der Waals surface area contributed by atoms with Crippen molar-refractivity contribution in [2.45, 2.75) is 13.0 Å². The summed E-state index contributed by atoms with van der Waals surface area (Å²) in [5.41, 5.74) is 0. The Bertz CT molecular complexity index is 458. The summed E-state index contributed by atoms with van der Waals surface area (Å²) in [5, 5.41) is 0. The second-order valence-electron chi connectivity index (χ2n) is 5.90. The summed E-state index contributed by atoms with van der Waals surface area (Å²) in [6.45, 7) is 8.09. The van der Waals surface area contributed by atoms with Crippen LogP contribution < -0.4 is 4.74 Å². The lowest BCUT2D eigenvalue weighted by Crippen LogP contribution is -2.21. The smallest absolute Gasteiger partial charge is 0.119 e. The first-order valence-corrected chi connectivity index (χ1v) is 10.6. The van der Waals surface area contributed by atoms with Crippen molar-refractivity contribution in [1.29, 1.82) is 0 Å². The van der Waals surface area contributed by atoms with Crippen LogP contribution in [0.2, 0.25) is 0 Å². The quantitative estimate of drug-likeness (QED) is 0.209. The molecule has 0 radical (unpaired) electrons. The molecule has 8 heteroatoms. The van der Waals surface area contributed by atoms with E-state index in [2.05, 4.69) is 22.6 Å². The minimum Gasteiger partial charge on any atom is -0.488 e. The van der Waals surface area contributed by atoms with Gasteiger partial charge in [-0.2, -0.15) is 0 Å². The van der Waals surface area contributed by atoms with Crippen LogP contribution >= 0.6 is 22.6 Å². The van der Waals surface area contributed by atoms with Gasteiger partial charge in [-0.3, -0.25) is 0 Å². The molecule has 1 atom stereocenters. The number of benzene rings is 1. The summed E-state index contributed by atoms with van der Waals surface area (Å²) in [6, 6.07) is 7.96. The molecule has 0 aliphatic rings. The fraction of sp³-hybridized carbons (Fsp3) is 0.700. The molecule has 0 amide bonds. The Morgan fingerprint density at radius 1 is 0.679 bits per heavy atom. The van der Waals surface area contributed by atoms with Crippen LogP contribution in [-0.4, -0.2) is 85.9 Å². The molecule has 0 spiro atoms. The molecule has 1 aromatic rings. The minimum atomic E-state index is -0.00577. The van der Waals surface area contributed by atoms with Gasteiger partial charge in [-0.15, -0.1) is 0 Å². The number of hydrogen-bond acceptors (Lipinski definition) is 7. The largest absolute Gasteiger partial charge is 0.488 e. The van der Waals surface area contributed by atoms with Crippen molar-refractivity contribution in [2.75, 3.05) is 79.8 Å². The fourth-order valence-electron chi connectivity index (χ4n) is 2.05. The normalized spacial score (nSPS) is 12.2. The molecule has 162 valence electrons. The topological polar surface area (TPSA) is 64.6 Å². The number of halogens is 1. The third-order valence-corrected chi connectivity index (χ3v) is 4.14. The van der Waals surface area contributed by atoms with E-state index >= 15 is 0 Å². The van der Waals surface area contributed by atoms with E-state index in [1.165, 1.54) is 3.57 Å². The molecule has 0 unspecified atom stereocenters. The van der Waals surface area contributed by atoms with Crippen LogP contribution in [0.25, 0.3) is 0 Å². The Morgan fingerprint density at radius 3 is 1.57 bits per heavy atom. The number of rotatable bonds is 19. The summed E-state index contributed by atoms with van der Waals surface area (Å²) in [4.78, 5) is 0. The Balaban J connectivity index is 1.78. The summed E-state index contributed by atoms with van der Waals surface area (Å²) in [6.07, 6.45) is -0.00577. The molecule has 28 heavy (non-hydrogen) atoms. The van der Waals surface area contributed by atoms with Crippen molar-refractivity contribution >= 4 is 22.6 Å². The van der Waals surface area contributed by atoms with E-state index in [-0.39, 0.29) is 6.10 Å². The zero-order valence-corrected chi connectivity index (χ0v) is 19.1. The highest BCUT2D eigenvalue weighted by Gasteiger charge is 2.04. The highest BCUT2D eigenvalue weighted by Crippen LogP contribution is 2.14. The first kappa shape index (κ1) is 25.5. The van der Waals surface area contributed by atoms with Gasteiger partial charge in [-0.25, -0.2) is 0 Å². The van der Waals surface area contributed by atoms with E-state index in [0.717, 1.165) is 5.75 Å². The van der Waals surface area contributed by atoms with Gasteiger partial charge < -0.3 is 33.2 Å². The van der Waals surface area contributed by atoms with Gasteiger partial charge >= 0.3 is 0 Å². The van der Waals surface area contributed by atoms with Gasteiger partial charge in [0, 0.05) is 10.7 Å². The maximum Gasteiger partial charge on any atom is 0.119 e. The number of ether oxygens (including phenoxy) is 7. The van der Waals surface area contributed by atoms with Crippen molar-refractivity contribution in [3.63, 3.8) is 0 Å². The van der Waals surface area contributed by atoms with E-state index in [1.807, 2.05) is 31.2 Å². The molecule has 0 N–H and O–H groups in total. The highest BCUT2D eigenvalue weighted by atomic mass is 127. The Morgan fingerprint density at radius 2 is 1.11 bits per heavy atom. The van der Waals surface area contributed by atoms with E-state index in [0.29, 0.717) is 72.7 Å². The monoisotopic (exact) mass is 512 g/mol. The highest BCUT2D eigenvalue weighted by molar-refractivity contribution is 14.1. The Hall–Kier alpha value is -0.490. The Kier molecular flexibility index (Phi) is 16.9. The van der Waals surface area contributed by atoms with Crippen LogP contribution in [0.4, 0.5) is 0 Å². The zero-order chi connectivity index (χ0) is 20.3. The van der Waals surface area contributed by atoms with Gasteiger partial charge in [0.2, 0.25) is 0 Å². The maximum atomic E-state index is 5.78. The minimum absolute atomic E-state index is 0.00577. The molecule has 0 heterocycles. The molecular weight excluding hydrogens is 479 g/mol. The van der Waals surface area contributed by atoms with Gasteiger partial charge in [-0.05, 0) is 53.8 Å². The van der Waals surface area contributed by atoms with Gasteiger partial charge in [0.15, 0.2) is 0 Å². The zero-order valence-electron chi connectivity index (χ0n) is 16.9. The van der Waals surface area contributed by atoms with Crippen LogP contribution in [0.3, 0.4) is 0 Å². The molecule has 0 saturated carbocycles. The average molecular weight is 512 g/mol. The molecule has 0 aromatic heterocycles. The van der Waals surface area contributed by atoms with Crippen molar-refractivity contribution < 1.29 is 33.2 Å². The number of methoxy groups -OCH3 is 1. The van der Waals surface area contributed by atoms with E-state index in [9.17, 15) is 0 Å². The second-order valence-corrected chi connectivity index (χ2v) is 7.15. The molecule has 0 aliphatic heterocycles. The Labute approximate surface area is 182 Å². The third-order valence-electron chi connectivity index (χ3n) is 3.42. The lowest BCUT2D eigenvalue weighted by molar-refractivity contribution is -0.0193. The first-order chi connectivity index (χ1) is 13.7. The standard InChI is InChI=1S/C20H33IO7/c1-18(28-20-5-3-19(21)4-6-20)17-27-16-15-26-14-13-25-12-11-24-10-9-23-8-7-22-2/h3-6,18H,7-17H2,1-2H3/t18-/m0/s1. The van der Waals surface area contributed by atoms with Crippen LogP contribution in [0.1, 0.15) is 6.92 Å². The van der Waals surface area contributed by atoms with E-state index in [4.69, 9.17) is 33.2 Å². The second kappa shape index (κ2) is 18.5. The molecule has 1 aromatic carbocycles. The van der Waals surface area contributed by atoms with Gasteiger partial charge in [0.05, 0.1) is 72.7 Å². The molecule has 0 saturated heterocycles. The van der Waals surface area contributed by atoms with Crippen LogP contribution in [-0.2, 0) is 28.4 Å². The van der Waals surface area contributed by atoms with Crippen molar-refractivity contribution in [3.05, 3.63) is 27.8 Å². The predicted molar refractivity (Wildman–Crippen MR) is 115 cm³/mol. The molecule has 7 nitrogen and oxygen atoms in total. The fourth-order valence-corrected chi connectivity index (χ4v) is 2.41. The van der Waals surface area contributed by atoms with Crippen LogP contribution in [0.15, 0.2) is 24.3 Å².